The number of oxazole rings is 1. The Morgan fingerprint density at radius 2 is 1.24 bits per heavy atom. The quantitative estimate of drug-likeness (QED) is 0.249. The average molecular weight is 526 g/mol. The van der Waals surface area contributed by atoms with Crippen molar-refractivity contribution in [2.24, 2.45) is 0 Å². The molecule has 0 amide bonds. The Bertz CT molecular complexity index is 2410. The van der Waals surface area contributed by atoms with Gasteiger partial charge in [0.25, 0.3) is 0 Å². The fourth-order valence-corrected chi connectivity index (χ4v) is 6.24. The van der Waals surface area contributed by atoms with Crippen LogP contribution >= 0.6 is 0 Å². The molecule has 3 heterocycles. The SMILES string of the molecule is c1ccc(-c2nc3ccc4c5cc(-c6ccc7[nH]c8ccccc8c7c6)ccc5n(-c5ccccc5)c4c3o2)cc1. The molecule has 3 aromatic heterocycles. The molecular formula is C37H23N3O. The van der Waals surface area contributed by atoms with Gasteiger partial charge in [-0.1, -0.05) is 66.7 Å². The highest BCUT2D eigenvalue weighted by molar-refractivity contribution is 6.17. The molecule has 0 saturated carbocycles. The Morgan fingerprint density at radius 3 is 2.10 bits per heavy atom. The summed E-state index contributed by atoms with van der Waals surface area (Å²) in [6.45, 7) is 0. The lowest BCUT2D eigenvalue weighted by Crippen LogP contribution is -1.93. The first-order valence-electron chi connectivity index (χ1n) is 13.8. The molecule has 4 nitrogen and oxygen atoms in total. The third kappa shape index (κ3) is 3.31. The zero-order valence-electron chi connectivity index (χ0n) is 22.0. The van der Waals surface area contributed by atoms with Crippen LogP contribution in [0.15, 0.2) is 138 Å². The van der Waals surface area contributed by atoms with E-state index in [2.05, 4.69) is 107 Å². The smallest absolute Gasteiger partial charge is 0.227 e. The molecule has 0 atom stereocenters. The van der Waals surface area contributed by atoms with Crippen molar-refractivity contribution >= 4 is 54.7 Å². The lowest BCUT2D eigenvalue weighted by molar-refractivity contribution is 0.622. The maximum atomic E-state index is 6.52. The van der Waals surface area contributed by atoms with Crippen LogP contribution in [-0.2, 0) is 0 Å². The lowest BCUT2D eigenvalue weighted by Gasteiger charge is -2.08. The van der Waals surface area contributed by atoms with Crippen molar-refractivity contribution in [1.82, 2.24) is 14.5 Å². The summed E-state index contributed by atoms with van der Waals surface area (Å²) in [6, 6.07) is 46.8. The van der Waals surface area contributed by atoms with Crippen molar-refractivity contribution < 1.29 is 4.42 Å². The van der Waals surface area contributed by atoms with Gasteiger partial charge in [0.2, 0.25) is 5.89 Å². The van der Waals surface area contributed by atoms with E-state index in [1.165, 1.54) is 27.3 Å². The summed E-state index contributed by atoms with van der Waals surface area (Å²) in [4.78, 5) is 8.41. The maximum Gasteiger partial charge on any atom is 0.227 e. The molecule has 192 valence electrons. The summed E-state index contributed by atoms with van der Waals surface area (Å²) in [5, 5.41) is 4.80. The number of nitrogens with zero attached hydrogens (tertiary/aromatic N) is 2. The van der Waals surface area contributed by atoms with Crippen LogP contribution in [0.2, 0.25) is 0 Å². The largest absolute Gasteiger partial charge is 0.434 e. The van der Waals surface area contributed by atoms with Crippen LogP contribution in [0.4, 0.5) is 0 Å². The van der Waals surface area contributed by atoms with Gasteiger partial charge in [-0.25, -0.2) is 4.98 Å². The summed E-state index contributed by atoms with van der Waals surface area (Å²) < 4.78 is 8.82. The minimum absolute atomic E-state index is 0.630. The standard InChI is InChI=1S/C37H23N3O/c1-3-9-23(10-4-1)37-39-33-19-17-28-30-22-25(24-15-18-32-29(21-24)27-13-7-8-14-31(27)38-32)16-20-34(30)40(35(28)36(33)41-37)26-11-5-2-6-12-26/h1-22,38H. The molecule has 0 spiro atoms. The number of benzene rings is 6. The second kappa shape index (κ2) is 8.44. The van der Waals surface area contributed by atoms with Crippen molar-refractivity contribution in [3.63, 3.8) is 0 Å². The number of hydrogen-bond donors (Lipinski definition) is 1. The normalized spacial score (nSPS) is 11.9. The van der Waals surface area contributed by atoms with Crippen LogP contribution in [0, 0.1) is 0 Å². The molecule has 4 heteroatoms. The fourth-order valence-electron chi connectivity index (χ4n) is 6.24. The van der Waals surface area contributed by atoms with Crippen LogP contribution in [-0.4, -0.2) is 14.5 Å². The molecule has 0 aliphatic carbocycles. The highest BCUT2D eigenvalue weighted by atomic mass is 16.3. The van der Waals surface area contributed by atoms with Gasteiger partial charge in [0.05, 0.1) is 11.0 Å². The number of aromatic amines is 1. The molecule has 9 rings (SSSR count). The van der Waals surface area contributed by atoms with E-state index < -0.39 is 0 Å². The fraction of sp³-hybridized carbons (Fsp3) is 0. The van der Waals surface area contributed by atoms with Crippen LogP contribution < -0.4 is 0 Å². The molecule has 1 N–H and O–H groups in total. The lowest BCUT2D eigenvalue weighted by atomic mass is 10.0. The molecule has 41 heavy (non-hydrogen) atoms. The zero-order chi connectivity index (χ0) is 26.9. The van der Waals surface area contributed by atoms with Gasteiger partial charge in [-0.3, -0.25) is 0 Å². The Kier molecular flexibility index (Phi) is 4.58. The molecule has 0 radical (unpaired) electrons. The number of aromatic nitrogens is 3. The predicted molar refractivity (Wildman–Crippen MR) is 169 cm³/mol. The van der Waals surface area contributed by atoms with E-state index in [4.69, 9.17) is 9.40 Å². The monoisotopic (exact) mass is 525 g/mol. The molecule has 0 fully saturated rings. The number of rotatable bonds is 3. The highest BCUT2D eigenvalue weighted by Crippen LogP contribution is 2.40. The Balaban J connectivity index is 1.32. The number of H-pyrrole nitrogens is 1. The summed E-state index contributed by atoms with van der Waals surface area (Å²) in [5.74, 6) is 0.630. The van der Waals surface area contributed by atoms with Crippen molar-refractivity contribution in [3.8, 4) is 28.3 Å². The number of para-hydroxylation sites is 2. The van der Waals surface area contributed by atoms with Crippen LogP contribution in [0.25, 0.3) is 83.0 Å². The van der Waals surface area contributed by atoms with Crippen molar-refractivity contribution in [3.05, 3.63) is 133 Å². The zero-order valence-corrected chi connectivity index (χ0v) is 22.0. The average Bonchev–Trinajstić information content (AvgIpc) is 3.73. The first-order chi connectivity index (χ1) is 20.3. The van der Waals surface area contributed by atoms with Gasteiger partial charge in [-0.05, 0) is 77.9 Å². The molecule has 6 aromatic carbocycles. The third-order valence-electron chi connectivity index (χ3n) is 8.16. The van der Waals surface area contributed by atoms with E-state index in [0.717, 1.165) is 49.8 Å². The van der Waals surface area contributed by atoms with Crippen molar-refractivity contribution in [2.75, 3.05) is 0 Å². The van der Waals surface area contributed by atoms with Crippen LogP contribution in [0.5, 0.6) is 0 Å². The number of nitrogens with one attached hydrogen (secondary N) is 1. The van der Waals surface area contributed by atoms with E-state index in [9.17, 15) is 0 Å². The maximum absolute atomic E-state index is 6.52. The van der Waals surface area contributed by atoms with Gasteiger partial charge in [0.1, 0.15) is 5.52 Å². The summed E-state index contributed by atoms with van der Waals surface area (Å²) in [5.41, 5.74) is 10.5. The summed E-state index contributed by atoms with van der Waals surface area (Å²) in [6.07, 6.45) is 0. The van der Waals surface area contributed by atoms with E-state index in [1.54, 1.807) is 0 Å². The topological polar surface area (TPSA) is 46.8 Å². The first kappa shape index (κ1) is 22.2. The molecule has 0 saturated heterocycles. The minimum Gasteiger partial charge on any atom is -0.434 e. The van der Waals surface area contributed by atoms with Gasteiger partial charge >= 0.3 is 0 Å². The minimum atomic E-state index is 0.630. The molecule has 0 aliphatic heterocycles. The Morgan fingerprint density at radius 1 is 0.537 bits per heavy atom. The van der Waals surface area contributed by atoms with Crippen LogP contribution in [0.1, 0.15) is 0 Å². The van der Waals surface area contributed by atoms with E-state index in [1.807, 2.05) is 36.4 Å². The van der Waals surface area contributed by atoms with Gasteiger partial charge in [-0.15, -0.1) is 0 Å². The third-order valence-corrected chi connectivity index (χ3v) is 8.16. The summed E-state index contributed by atoms with van der Waals surface area (Å²) >= 11 is 0. The predicted octanol–water partition coefficient (Wildman–Crippen LogP) is 9.89. The van der Waals surface area contributed by atoms with Crippen LogP contribution in [0.3, 0.4) is 0 Å². The second-order valence-corrected chi connectivity index (χ2v) is 10.5. The van der Waals surface area contributed by atoms with Gasteiger partial charge in [-0.2, -0.15) is 0 Å². The van der Waals surface area contributed by atoms with Gasteiger partial charge < -0.3 is 14.0 Å². The summed E-state index contributed by atoms with van der Waals surface area (Å²) in [7, 11) is 0. The van der Waals surface area contributed by atoms with E-state index >= 15 is 0 Å². The molecule has 0 bridgehead atoms. The van der Waals surface area contributed by atoms with E-state index in [0.29, 0.717) is 5.89 Å². The second-order valence-electron chi connectivity index (χ2n) is 10.5. The first-order valence-corrected chi connectivity index (χ1v) is 13.8. The molecule has 0 aliphatic rings. The van der Waals surface area contributed by atoms with Crippen molar-refractivity contribution in [2.45, 2.75) is 0 Å². The highest BCUT2D eigenvalue weighted by Gasteiger charge is 2.20. The Hall–Kier alpha value is -5.61. The Labute approximate surface area is 235 Å². The molecular weight excluding hydrogens is 502 g/mol. The van der Waals surface area contributed by atoms with Crippen molar-refractivity contribution in [1.29, 1.82) is 0 Å². The number of hydrogen-bond acceptors (Lipinski definition) is 2. The van der Waals surface area contributed by atoms with E-state index in [-0.39, 0.29) is 0 Å². The van der Waals surface area contributed by atoms with Gasteiger partial charge in [0, 0.05) is 43.8 Å². The molecule has 9 aromatic rings. The number of fused-ring (bicyclic) bond motifs is 8. The van der Waals surface area contributed by atoms with Gasteiger partial charge in [0.15, 0.2) is 5.58 Å². The molecule has 0 unspecified atom stereocenters.